The van der Waals surface area contributed by atoms with Crippen molar-refractivity contribution in [1.29, 1.82) is 0 Å². The summed E-state index contributed by atoms with van der Waals surface area (Å²) in [6.45, 7) is 4.35. The third-order valence-corrected chi connectivity index (χ3v) is 6.66. The van der Waals surface area contributed by atoms with Gasteiger partial charge in [0.2, 0.25) is 11.8 Å². The maximum atomic E-state index is 13.1. The van der Waals surface area contributed by atoms with Gasteiger partial charge in [0.15, 0.2) is 0 Å². The number of benzene rings is 1. The second kappa shape index (κ2) is 11.0. The van der Waals surface area contributed by atoms with Gasteiger partial charge in [0.25, 0.3) is 0 Å². The van der Waals surface area contributed by atoms with Crippen molar-refractivity contribution < 1.29 is 27.9 Å². The van der Waals surface area contributed by atoms with Gasteiger partial charge >= 0.3 is 0 Å². The van der Waals surface area contributed by atoms with Crippen molar-refractivity contribution in [3.05, 3.63) is 48.4 Å². The molecule has 1 saturated heterocycles. The van der Waals surface area contributed by atoms with Crippen molar-refractivity contribution in [2.24, 2.45) is 11.8 Å². The fourth-order valence-electron chi connectivity index (χ4n) is 3.99. The Morgan fingerprint density at radius 2 is 1.84 bits per heavy atom. The number of carbonyl (C=O) groups excluding carboxylic acids is 1. The van der Waals surface area contributed by atoms with Gasteiger partial charge in [-0.05, 0) is 53.6 Å². The highest BCUT2D eigenvalue weighted by Crippen LogP contribution is 2.27. The van der Waals surface area contributed by atoms with Crippen LogP contribution in [0.25, 0.3) is 11.1 Å². The minimum Gasteiger partial charge on any atom is -0.771 e. The number of piperidine rings is 1. The number of amides is 1. The van der Waals surface area contributed by atoms with Gasteiger partial charge in [-0.25, -0.2) is 14.9 Å². The minimum atomic E-state index is -2.52. The highest BCUT2D eigenvalue weighted by Gasteiger charge is 2.38. The second-order valence-corrected chi connectivity index (χ2v) is 9.15. The number of nitrogens with zero attached hydrogens (tertiary/aromatic N) is 2. The SMILES string of the molecule is CC(C)C(C(=O)NO)C(N1CCC(Oc2ccc(-c3ccc(F)cc3)cn2)CC1)S(=O)[O-]. The summed E-state index contributed by atoms with van der Waals surface area (Å²) in [6, 6.07) is 9.75. The first-order chi connectivity index (χ1) is 15.3. The van der Waals surface area contributed by atoms with Crippen molar-refractivity contribution in [3.8, 4) is 17.0 Å². The maximum Gasteiger partial charge on any atom is 0.249 e. The van der Waals surface area contributed by atoms with Crippen LogP contribution in [0, 0.1) is 17.7 Å². The Labute approximate surface area is 189 Å². The third-order valence-electron chi connectivity index (χ3n) is 5.67. The van der Waals surface area contributed by atoms with E-state index in [4.69, 9.17) is 9.94 Å². The number of hydroxylamine groups is 1. The van der Waals surface area contributed by atoms with Crippen LogP contribution in [0.15, 0.2) is 42.6 Å². The van der Waals surface area contributed by atoms with Crippen molar-refractivity contribution >= 4 is 17.0 Å². The molecule has 2 aromatic rings. The number of likely N-dealkylation sites (tertiary alicyclic amines) is 1. The van der Waals surface area contributed by atoms with E-state index < -0.39 is 28.3 Å². The van der Waals surface area contributed by atoms with Crippen molar-refractivity contribution in [1.82, 2.24) is 15.4 Å². The van der Waals surface area contributed by atoms with Gasteiger partial charge in [-0.2, -0.15) is 0 Å². The molecule has 0 aliphatic carbocycles. The van der Waals surface area contributed by atoms with Gasteiger partial charge in [0.05, 0.1) is 11.3 Å². The molecule has 1 aromatic heterocycles. The molecule has 0 bridgehead atoms. The van der Waals surface area contributed by atoms with E-state index in [1.54, 1.807) is 48.6 Å². The number of nitrogens with one attached hydrogen (secondary N) is 1. The van der Waals surface area contributed by atoms with E-state index in [1.165, 1.54) is 12.1 Å². The summed E-state index contributed by atoms with van der Waals surface area (Å²) in [6.07, 6.45) is 2.66. The molecule has 0 radical (unpaired) electrons. The lowest BCUT2D eigenvalue weighted by atomic mass is 9.93. The molecule has 2 heterocycles. The molecule has 174 valence electrons. The van der Waals surface area contributed by atoms with Gasteiger partial charge < -0.3 is 9.29 Å². The Morgan fingerprint density at radius 3 is 2.34 bits per heavy atom. The Morgan fingerprint density at radius 1 is 1.22 bits per heavy atom. The average molecular weight is 465 g/mol. The van der Waals surface area contributed by atoms with E-state index in [0.29, 0.717) is 31.8 Å². The normalized spacial score (nSPS) is 18.2. The van der Waals surface area contributed by atoms with Gasteiger partial charge in [0.1, 0.15) is 11.9 Å². The number of hydrogen-bond donors (Lipinski definition) is 2. The molecule has 1 aromatic carbocycles. The van der Waals surface area contributed by atoms with Crippen LogP contribution in [0.3, 0.4) is 0 Å². The van der Waals surface area contributed by atoms with E-state index in [2.05, 4.69) is 4.98 Å². The van der Waals surface area contributed by atoms with Crippen LogP contribution in [-0.2, 0) is 15.9 Å². The molecule has 10 heteroatoms. The van der Waals surface area contributed by atoms with Crippen molar-refractivity contribution in [2.45, 2.75) is 38.2 Å². The molecule has 0 saturated carbocycles. The zero-order valence-corrected chi connectivity index (χ0v) is 18.8. The molecule has 0 spiro atoms. The van der Waals surface area contributed by atoms with Crippen LogP contribution in [0.1, 0.15) is 26.7 Å². The zero-order chi connectivity index (χ0) is 23.3. The van der Waals surface area contributed by atoms with E-state index in [-0.39, 0.29) is 17.8 Å². The number of carbonyl (C=O) groups is 1. The molecule has 3 unspecified atom stereocenters. The van der Waals surface area contributed by atoms with Crippen LogP contribution in [0.2, 0.25) is 0 Å². The lowest BCUT2D eigenvalue weighted by Gasteiger charge is -2.42. The number of rotatable bonds is 8. The molecule has 1 aliphatic rings. The summed E-state index contributed by atoms with van der Waals surface area (Å²) in [4.78, 5) is 18.2. The molecule has 3 atom stereocenters. The largest absolute Gasteiger partial charge is 0.771 e. The fraction of sp³-hybridized carbons (Fsp3) is 0.455. The average Bonchev–Trinajstić information content (AvgIpc) is 2.78. The van der Waals surface area contributed by atoms with Crippen molar-refractivity contribution in [2.75, 3.05) is 13.1 Å². The Balaban J connectivity index is 1.60. The highest BCUT2D eigenvalue weighted by atomic mass is 32.2. The standard InChI is InChI=1S/C22H28FN3O5S/c1-14(2)20(21(27)25-28)22(32(29)30)26-11-9-18(10-12-26)31-19-8-5-16(13-24-19)15-3-6-17(23)7-4-15/h3-8,13-14,18,20,22,28H,9-12H2,1-2H3,(H,25,27)(H,29,30)/p-1. The summed E-state index contributed by atoms with van der Waals surface area (Å²) in [7, 11) is 0. The van der Waals surface area contributed by atoms with Gasteiger partial charge in [-0.3, -0.25) is 19.1 Å². The van der Waals surface area contributed by atoms with Gasteiger partial charge in [-0.15, -0.1) is 0 Å². The monoisotopic (exact) mass is 464 g/mol. The topological polar surface area (TPSA) is 115 Å². The summed E-state index contributed by atoms with van der Waals surface area (Å²) in [5, 5.41) is 8.00. The number of aromatic nitrogens is 1. The van der Waals surface area contributed by atoms with E-state index in [0.717, 1.165) is 11.1 Å². The Kier molecular flexibility index (Phi) is 8.30. The molecule has 3 rings (SSSR count). The zero-order valence-electron chi connectivity index (χ0n) is 17.9. The van der Waals surface area contributed by atoms with Gasteiger partial charge in [-0.1, -0.05) is 26.0 Å². The molecule has 1 amide bonds. The highest BCUT2D eigenvalue weighted by molar-refractivity contribution is 7.79. The third kappa shape index (κ3) is 5.89. The molecular weight excluding hydrogens is 437 g/mol. The van der Waals surface area contributed by atoms with Gasteiger partial charge in [0, 0.05) is 30.9 Å². The number of halogens is 1. The molecule has 8 nitrogen and oxygen atoms in total. The second-order valence-electron chi connectivity index (χ2n) is 8.14. The minimum absolute atomic E-state index is 0.139. The van der Waals surface area contributed by atoms with Crippen LogP contribution in [0.4, 0.5) is 4.39 Å². The van der Waals surface area contributed by atoms with Crippen LogP contribution < -0.4 is 10.2 Å². The first-order valence-corrected chi connectivity index (χ1v) is 11.6. The fourth-order valence-corrected chi connectivity index (χ4v) is 5.12. The first-order valence-electron chi connectivity index (χ1n) is 10.4. The molecule has 1 fully saturated rings. The molecule has 2 N–H and O–H groups in total. The maximum absolute atomic E-state index is 13.1. The quantitative estimate of drug-likeness (QED) is 0.351. The number of ether oxygens (including phenoxy) is 1. The molecular formula is C22H27FN3O5S-. The lowest BCUT2D eigenvalue weighted by Crippen LogP contribution is -2.53. The number of pyridine rings is 1. The molecule has 32 heavy (non-hydrogen) atoms. The van der Waals surface area contributed by atoms with Crippen LogP contribution >= 0.6 is 0 Å². The Bertz CT molecular complexity index is 918. The first kappa shape index (κ1) is 24.2. The van der Waals surface area contributed by atoms with E-state index in [1.807, 2.05) is 6.07 Å². The lowest BCUT2D eigenvalue weighted by molar-refractivity contribution is -0.136. The van der Waals surface area contributed by atoms with Crippen LogP contribution in [-0.4, -0.2) is 54.3 Å². The predicted octanol–water partition coefficient (Wildman–Crippen LogP) is 2.71. The summed E-state index contributed by atoms with van der Waals surface area (Å²) >= 11 is -2.52. The van der Waals surface area contributed by atoms with Crippen molar-refractivity contribution in [3.63, 3.8) is 0 Å². The summed E-state index contributed by atoms with van der Waals surface area (Å²) in [5.41, 5.74) is 3.28. The summed E-state index contributed by atoms with van der Waals surface area (Å²) in [5.74, 6) is -1.72. The van der Waals surface area contributed by atoms with E-state index >= 15 is 0 Å². The number of hydrogen-bond acceptors (Lipinski definition) is 7. The van der Waals surface area contributed by atoms with Crippen LogP contribution in [0.5, 0.6) is 5.88 Å². The Hall–Kier alpha value is -2.40. The molecule has 1 aliphatic heterocycles. The summed E-state index contributed by atoms with van der Waals surface area (Å²) < 4.78 is 42.9. The smallest absolute Gasteiger partial charge is 0.249 e. The predicted molar refractivity (Wildman–Crippen MR) is 116 cm³/mol. The van der Waals surface area contributed by atoms with E-state index in [9.17, 15) is 17.9 Å².